The molecule has 1 aliphatic carbocycles. The van der Waals surface area contributed by atoms with Gasteiger partial charge < -0.3 is 5.32 Å². The molecule has 2 unspecified atom stereocenters. The average molecular weight is 201 g/mol. The smallest absolute Gasteiger partial charge is 0.0183 e. The van der Waals surface area contributed by atoms with Crippen LogP contribution in [0.5, 0.6) is 0 Å². The molecule has 0 aromatic carbocycles. The van der Waals surface area contributed by atoms with Crippen molar-refractivity contribution in [3.05, 3.63) is 0 Å². The molecule has 0 aromatic rings. The largest absolute Gasteiger partial charge is 0.316 e. The second-order valence-electron chi connectivity index (χ2n) is 4.14. The van der Waals surface area contributed by atoms with E-state index in [4.69, 9.17) is 0 Å². The van der Waals surface area contributed by atoms with Crippen LogP contribution in [0.15, 0.2) is 0 Å². The highest BCUT2D eigenvalue weighted by atomic mass is 32.2. The second kappa shape index (κ2) is 5.92. The minimum Gasteiger partial charge on any atom is -0.316 e. The highest BCUT2D eigenvalue weighted by Gasteiger charge is 2.25. The molecule has 1 N–H and O–H groups in total. The Balaban J connectivity index is 2.15. The standard InChI is InChI=1S/C11H23NS/c1-4-9(2)13-8-11(12-3)10-6-5-7-10/h9-12H,4-8H2,1-3H3. The van der Waals surface area contributed by atoms with Crippen LogP contribution in [0.3, 0.4) is 0 Å². The maximum atomic E-state index is 3.46. The van der Waals surface area contributed by atoms with Crippen molar-refractivity contribution < 1.29 is 0 Å². The van der Waals surface area contributed by atoms with Gasteiger partial charge in [0.15, 0.2) is 0 Å². The van der Waals surface area contributed by atoms with E-state index < -0.39 is 0 Å². The molecule has 1 saturated carbocycles. The van der Waals surface area contributed by atoms with Crippen LogP contribution in [0.4, 0.5) is 0 Å². The minimum atomic E-state index is 0.771. The fraction of sp³-hybridized carbons (Fsp3) is 1.00. The quantitative estimate of drug-likeness (QED) is 0.709. The molecule has 0 aromatic heterocycles. The number of hydrogen-bond donors (Lipinski definition) is 1. The summed E-state index contributed by atoms with van der Waals surface area (Å²) in [4.78, 5) is 0. The van der Waals surface area contributed by atoms with Gasteiger partial charge in [-0.05, 0) is 32.2 Å². The topological polar surface area (TPSA) is 12.0 Å². The fourth-order valence-corrected chi connectivity index (χ4v) is 2.89. The second-order valence-corrected chi connectivity index (χ2v) is 5.61. The molecule has 2 heteroatoms. The van der Waals surface area contributed by atoms with E-state index in [1.807, 2.05) is 0 Å². The maximum Gasteiger partial charge on any atom is 0.0183 e. The van der Waals surface area contributed by atoms with Crippen LogP contribution in [-0.2, 0) is 0 Å². The van der Waals surface area contributed by atoms with Crippen LogP contribution in [0.2, 0.25) is 0 Å². The van der Waals surface area contributed by atoms with Gasteiger partial charge in [-0.25, -0.2) is 0 Å². The number of hydrogen-bond acceptors (Lipinski definition) is 2. The highest BCUT2D eigenvalue weighted by molar-refractivity contribution is 7.99. The summed E-state index contributed by atoms with van der Waals surface area (Å²) in [5.41, 5.74) is 0. The fourth-order valence-electron chi connectivity index (χ4n) is 1.68. The lowest BCUT2D eigenvalue weighted by Crippen LogP contribution is -2.39. The number of thioether (sulfide) groups is 1. The third kappa shape index (κ3) is 3.51. The van der Waals surface area contributed by atoms with Crippen molar-refractivity contribution in [3.8, 4) is 0 Å². The average Bonchev–Trinajstić information content (AvgIpc) is 2.08. The molecule has 1 rings (SSSR count). The normalized spacial score (nSPS) is 22.4. The molecule has 0 amide bonds. The summed E-state index contributed by atoms with van der Waals surface area (Å²) >= 11 is 2.12. The van der Waals surface area contributed by atoms with Crippen LogP contribution >= 0.6 is 11.8 Å². The third-order valence-corrected chi connectivity index (χ3v) is 4.68. The Hall–Kier alpha value is 0.310. The Bertz CT molecular complexity index is 134. The maximum absolute atomic E-state index is 3.46. The SMILES string of the molecule is CCC(C)SCC(NC)C1CCC1. The van der Waals surface area contributed by atoms with Crippen LogP contribution in [-0.4, -0.2) is 24.1 Å². The number of rotatable bonds is 6. The zero-order valence-electron chi connectivity index (χ0n) is 9.18. The first-order valence-corrected chi connectivity index (χ1v) is 6.61. The van der Waals surface area contributed by atoms with Crippen molar-refractivity contribution >= 4 is 11.8 Å². The Morgan fingerprint density at radius 1 is 1.46 bits per heavy atom. The first kappa shape index (κ1) is 11.4. The molecule has 13 heavy (non-hydrogen) atoms. The van der Waals surface area contributed by atoms with Crippen LogP contribution in [0.25, 0.3) is 0 Å². The minimum absolute atomic E-state index is 0.771. The molecule has 0 aliphatic heterocycles. The van der Waals surface area contributed by atoms with Crippen molar-refractivity contribution in [3.63, 3.8) is 0 Å². The van der Waals surface area contributed by atoms with E-state index >= 15 is 0 Å². The molecule has 0 spiro atoms. The molecule has 0 bridgehead atoms. The van der Waals surface area contributed by atoms with Gasteiger partial charge in [-0.2, -0.15) is 11.8 Å². The van der Waals surface area contributed by atoms with Gasteiger partial charge in [0.1, 0.15) is 0 Å². The van der Waals surface area contributed by atoms with Gasteiger partial charge >= 0.3 is 0 Å². The summed E-state index contributed by atoms with van der Waals surface area (Å²) < 4.78 is 0. The Kier molecular flexibility index (Phi) is 5.18. The van der Waals surface area contributed by atoms with Gasteiger partial charge in [0, 0.05) is 17.0 Å². The van der Waals surface area contributed by atoms with Crippen molar-refractivity contribution in [2.75, 3.05) is 12.8 Å². The summed E-state index contributed by atoms with van der Waals surface area (Å²) in [6.07, 6.45) is 5.65. The first-order valence-electron chi connectivity index (χ1n) is 5.56. The molecule has 2 atom stereocenters. The van der Waals surface area contributed by atoms with Gasteiger partial charge in [0.25, 0.3) is 0 Å². The molecule has 78 valence electrons. The van der Waals surface area contributed by atoms with E-state index in [1.165, 1.54) is 31.4 Å². The van der Waals surface area contributed by atoms with E-state index in [2.05, 4.69) is 38.0 Å². The molecule has 1 nitrogen and oxygen atoms in total. The van der Waals surface area contributed by atoms with Crippen molar-refractivity contribution in [1.82, 2.24) is 5.32 Å². The lowest BCUT2D eigenvalue weighted by molar-refractivity contribution is 0.252. The van der Waals surface area contributed by atoms with E-state index in [1.54, 1.807) is 0 Å². The molecule has 0 radical (unpaired) electrons. The number of nitrogens with one attached hydrogen (secondary N) is 1. The molecule has 0 saturated heterocycles. The van der Waals surface area contributed by atoms with E-state index in [0.29, 0.717) is 0 Å². The van der Waals surface area contributed by atoms with Gasteiger partial charge in [0.05, 0.1) is 0 Å². The molecule has 0 heterocycles. The van der Waals surface area contributed by atoms with Gasteiger partial charge in [0.2, 0.25) is 0 Å². The van der Waals surface area contributed by atoms with E-state index in [-0.39, 0.29) is 0 Å². The van der Waals surface area contributed by atoms with E-state index in [9.17, 15) is 0 Å². The third-order valence-electron chi connectivity index (χ3n) is 3.22. The van der Waals surface area contributed by atoms with Crippen LogP contribution < -0.4 is 5.32 Å². The summed E-state index contributed by atoms with van der Waals surface area (Å²) in [5.74, 6) is 2.28. The lowest BCUT2D eigenvalue weighted by Gasteiger charge is -2.33. The van der Waals surface area contributed by atoms with Crippen molar-refractivity contribution in [2.45, 2.75) is 50.8 Å². The lowest BCUT2D eigenvalue weighted by atomic mass is 9.80. The Morgan fingerprint density at radius 3 is 2.54 bits per heavy atom. The Labute approximate surface area is 87.1 Å². The Morgan fingerprint density at radius 2 is 2.15 bits per heavy atom. The van der Waals surface area contributed by atoms with Crippen LogP contribution in [0, 0.1) is 5.92 Å². The highest BCUT2D eigenvalue weighted by Crippen LogP contribution is 2.31. The van der Waals surface area contributed by atoms with Gasteiger partial charge in [-0.15, -0.1) is 0 Å². The summed E-state index contributed by atoms with van der Waals surface area (Å²) in [7, 11) is 2.11. The van der Waals surface area contributed by atoms with Gasteiger partial charge in [-0.3, -0.25) is 0 Å². The first-order chi connectivity index (χ1) is 6.27. The van der Waals surface area contributed by atoms with Crippen molar-refractivity contribution in [1.29, 1.82) is 0 Å². The zero-order chi connectivity index (χ0) is 9.68. The predicted octanol–water partition coefficient (Wildman–Crippen LogP) is 2.91. The monoisotopic (exact) mass is 201 g/mol. The molecule has 1 fully saturated rings. The van der Waals surface area contributed by atoms with Crippen molar-refractivity contribution in [2.24, 2.45) is 5.92 Å². The van der Waals surface area contributed by atoms with Crippen LogP contribution in [0.1, 0.15) is 39.5 Å². The van der Waals surface area contributed by atoms with E-state index in [0.717, 1.165) is 17.2 Å². The molecule has 1 aliphatic rings. The summed E-state index contributed by atoms with van der Waals surface area (Å²) in [5, 5.41) is 4.29. The predicted molar refractivity (Wildman–Crippen MR) is 62.4 cm³/mol. The summed E-state index contributed by atoms with van der Waals surface area (Å²) in [6, 6.07) is 0.771. The van der Waals surface area contributed by atoms with Gasteiger partial charge in [-0.1, -0.05) is 20.3 Å². The summed E-state index contributed by atoms with van der Waals surface area (Å²) in [6.45, 7) is 4.60. The zero-order valence-corrected chi connectivity index (χ0v) is 9.99. The molecular formula is C11H23NS. The molecular weight excluding hydrogens is 178 g/mol.